The number of ether oxygens (including phenoxy) is 2. The second-order valence-corrected chi connectivity index (χ2v) is 3.05. The molecule has 0 aromatic heterocycles. The first-order valence-corrected chi connectivity index (χ1v) is 3.77. The van der Waals surface area contributed by atoms with E-state index in [0.717, 1.165) is 0 Å². The van der Waals surface area contributed by atoms with Gasteiger partial charge >= 0.3 is 0 Å². The fourth-order valence-electron chi connectivity index (χ4n) is 0.765. The molecule has 0 aliphatic rings. The first-order chi connectivity index (χ1) is 4.83. The monoisotopic (exact) mass is 162 g/mol. The van der Waals surface area contributed by atoms with Crippen LogP contribution in [0, 0.1) is 0 Å². The molecule has 0 unspecified atom stereocenters. The van der Waals surface area contributed by atoms with Crippen molar-refractivity contribution >= 4 is 0 Å². The maximum Gasteiger partial charge on any atom is 0.287 e. The second-order valence-electron chi connectivity index (χ2n) is 3.05. The van der Waals surface area contributed by atoms with Crippen LogP contribution in [-0.4, -0.2) is 18.2 Å². The van der Waals surface area contributed by atoms with Crippen LogP contribution in [0.25, 0.3) is 0 Å². The van der Waals surface area contributed by atoms with Crippen LogP contribution in [0.5, 0.6) is 0 Å². The van der Waals surface area contributed by atoms with Gasteiger partial charge in [-0.1, -0.05) is 0 Å². The maximum absolute atomic E-state index is 5.45. The predicted octanol–water partition coefficient (Wildman–Crippen LogP) is 0.365. The molecule has 0 aliphatic carbocycles. The Kier molecular flexibility index (Phi) is 3.96. The first kappa shape index (κ1) is 10.8. The molecular formula is C7H18N2O2. The van der Waals surface area contributed by atoms with Crippen molar-refractivity contribution in [2.75, 3.05) is 0 Å². The minimum atomic E-state index is -1.46. The minimum absolute atomic E-state index is 0.0382. The molecule has 0 spiro atoms. The Morgan fingerprint density at radius 3 is 1.36 bits per heavy atom. The largest absolute Gasteiger partial charge is 0.322 e. The van der Waals surface area contributed by atoms with Crippen molar-refractivity contribution in [2.24, 2.45) is 11.5 Å². The molecule has 0 rings (SSSR count). The SMILES string of the molecule is CC(C)OC(N)(N)OC(C)C. The summed E-state index contributed by atoms with van der Waals surface area (Å²) in [6.45, 7) is 7.38. The van der Waals surface area contributed by atoms with Gasteiger partial charge < -0.3 is 9.47 Å². The summed E-state index contributed by atoms with van der Waals surface area (Å²) in [5.41, 5.74) is 10.9. The van der Waals surface area contributed by atoms with Gasteiger partial charge in [-0.05, 0) is 27.7 Å². The van der Waals surface area contributed by atoms with Gasteiger partial charge in [0.15, 0.2) is 0 Å². The third kappa shape index (κ3) is 6.25. The fraction of sp³-hybridized carbons (Fsp3) is 1.00. The van der Waals surface area contributed by atoms with Gasteiger partial charge in [0, 0.05) is 0 Å². The van der Waals surface area contributed by atoms with Gasteiger partial charge in [0.25, 0.3) is 6.03 Å². The highest BCUT2D eigenvalue weighted by molar-refractivity contribution is 4.53. The van der Waals surface area contributed by atoms with Gasteiger partial charge in [-0.25, -0.2) is 0 Å². The maximum atomic E-state index is 5.45. The van der Waals surface area contributed by atoms with E-state index in [0.29, 0.717) is 0 Å². The zero-order valence-electron chi connectivity index (χ0n) is 7.63. The van der Waals surface area contributed by atoms with E-state index in [2.05, 4.69) is 0 Å². The Morgan fingerprint density at radius 2 is 1.18 bits per heavy atom. The number of rotatable bonds is 4. The van der Waals surface area contributed by atoms with E-state index >= 15 is 0 Å². The molecule has 0 aromatic carbocycles. The minimum Gasteiger partial charge on any atom is -0.322 e. The van der Waals surface area contributed by atoms with Gasteiger partial charge in [0.05, 0.1) is 12.2 Å². The standard InChI is InChI=1S/C7H18N2O2/c1-5(2)10-7(8,9)11-6(3)4/h5-6H,8-9H2,1-4H3. The molecule has 0 heterocycles. The molecule has 11 heavy (non-hydrogen) atoms. The van der Waals surface area contributed by atoms with Crippen molar-refractivity contribution in [3.05, 3.63) is 0 Å². The molecule has 0 fully saturated rings. The summed E-state index contributed by atoms with van der Waals surface area (Å²) in [5.74, 6) is 0. The molecule has 0 saturated heterocycles. The Balaban J connectivity index is 3.79. The molecule has 0 atom stereocenters. The van der Waals surface area contributed by atoms with Crippen molar-refractivity contribution in [2.45, 2.75) is 45.9 Å². The highest BCUT2D eigenvalue weighted by atomic mass is 16.7. The van der Waals surface area contributed by atoms with Gasteiger partial charge in [-0.2, -0.15) is 0 Å². The first-order valence-electron chi connectivity index (χ1n) is 3.77. The predicted molar refractivity (Wildman–Crippen MR) is 43.5 cm³/mol. The Labute approximate surface area is 67.8 Å². The van der Waals surface area contributed by atoms with Crippen LogP contribution in [0.2, 0.25) is 0 Å². The van der Waals surface area contributed by atoms with E-state index in [4.69, 9.17) is 20.9 Å². The summed E-state index contributed by atoms with van der Waals surface area (Å²) in [4.78, 5) is 0. The summed E-state index contributed by atoms with van der Waals surface area (Å²) in [6, 6.07) is -1.46. The lowest BCUT2D eigenvalue weighted by atomic mass is 10.4. The molecule has 4 heteroatoms. The molecule has 0 saturated carbocycles. The molecule has 68 valence electrons. The summed E-state index contributed by atoms with van der Waals surface area (Å²) in [6.07, 6.45) is -0.0764. The fourth-order valence-corrected chi connectivity index (χ4v) is 0.765. The van der Waals surface area contributed by atoms with Crippen molar-refractivity contribution in [3.8, 4) is 0 Å². The molecule has 0 amide bonds. The number of hydrogen-bond donors (Lipinski definition) is 2. The van der Waals surface area contributed by atoms with Crippen molar-refractivity contribution in [1.82, 2.24) is 0 Å². The lowest BCUT2D eigenvalue weighted by molar-refractivity contribution is -0.262. The number of nitrogens with two attached hydrogens (primary N) is 2. The summed E-state index contributed by atoms with van der Waals surface area (Å²) in [7, 11) is 0. The van der Waals surface area contributed by atoms with E-state index in [-0.39, 0.29) is 12.2 Å². The van der Waals surface area contributed by atoms with Crippen LogP contribution in [0.3, 0.4) is 0 Å². The quantitative estimate of drug-likeness (QED) is 0.586. The van der Waals surface area contributed by atoms with E-state index in [9.17, 15) is 0 Å². The summed E-state index contributed by atoms with van der Waals surface area (Å²) >= 11 is 0. The van der Waals surface area contributed by atoms with Crippen LogP contribution in [-0.2, 0) is 9.47 Å². The van der Waals surface area contributed by atoms with Crippen LogP contribution in [0.15, 0.2) is 0 Å². The third-order valence-electron chi connectivity index (χ3n) is 0.840. The van der Waals surface area contributed by atoms with Crippen molar-refractivity contribution in [1.29, 1.82) is 0 Å². The van der Waals surface area contributed by atoms with Crippen LogP contribution >= 0.6 is 0 Å². The van der Waals surface area contributed by atoms with Gasteiger partial charge in [-0.15, -0.1) is 0 Å². The Bertz CT molecular complexity index is 101. The third-order valence-corrected chi connectivity index (χ3v) is 0.840. The second kappa shape index (κ2) is 4.01. The van der Waals surface area contributed by atoms with E-state index in [1.54, 1.807) is 0 Å². The zero-order valence-corrected chi connectivity index (χ0v) is 7.63. The van der Waals surface area contributed by atoms with Crippen LogP contribution in [0.4, 0.5) is 0 Å². The molecule has 4 N–H and O–H groups in total. The van der Waals surface area contributed by atoms with E-state index in [1.807, 2.05) is 27.7 Å². The molecule has 4 nitrogen and oxygen atoms in total. The van der Waals surface area contributed by atoms with Crippen molar-refractivity contribution in [3.63, 3.8) is 0 Å². The summed E-state index contributed by atoms with van der Waals surface area (Å²) in [5, 5.41) is 0. The van der Waals surface area contributed by atoms with E-state index < -0.39 is 6.03 Å². The average molecular weight is 162 g/mol. The van der Waals surface area contributed by atoms with Crippen LogP contribution < -0.4 is 11.5 Å². The smallest absolute Gasteiger partial charge is 0.287 e. The molecule has 0 bridgehead atoms. The van der Waals surface area contributed by atoms with Crippen molar-refractivity contribution < 1.29 is 9.47 Å². The zero-order chi connectivity index (χ0) is 9.07. The lowest BCUT2D eigenvalue weighted by Gasteiger charge is -2.28. The molecule has 0 aliphatic heterocycles. The molecule has 0 radical (unpaired) electrons. The Morgan fingerprint density at radius 1 is 0.909 bits per heavy atom. The Hall–Kier alpha value is -0.160. The highest BCUT2D eigenvalue weighted by Crippen LogP contribution is 2.04. The average Bonchev–Trinajstić information content (AvgIpc) is 1.53. The van der Waals surface area contributed by atoms with Gasteiger partial charge in [-0.3, -0.25) is 11.5 Å². The van der Waals surface area contributed by atoms with E-state index in [1.165, 1.54) is 0 Å². The summed E-state index contributed by atoms with van der Waals surface area (Å²) < 4.78 is 10.2. The van der Waals surface area contributed by atoms with Gasteiger partial charge in [0.2, 0.25) is 0 Å². The molecular weight excluding hydrogens is 144 g/mol. The van der Waals surface area contributed by atoms with Crippen LogP contribution in [0.1, 0.15) is 27.7 Å². The lowest BCUT2D eigenvalue weighted by Crippen LogP contribution is -2.56. The highest BCUT2D eigenvalue weighted by Gasteiger charge is 2.23. The number of hydrogen-bond acceptors (Lipinski definition) is 4. The topological polar surface area (TPSA) is 70.5 Å². The normalized spacial score (nSPS) is 13.1. The molecule has 0 aromatic rings. The van der Waals surface area contributed by atoms with Gasteiger partial charge in [0.1, 0.15) is 0 Å².